The van der Waals surface area contributed by atoms with Crippen molar-refractivity contribution >= 4 is 11.9 Å². The number of carbonyl (C=O) groups is 1. The van der Waals surface area contributed by atoms with Gasteiger partial charge in [-0.1, -0.05) is 12.1 Å². The van der Waals surface area contributed by atoms with Gasteiger partial charge in [0, 0.05) is 5.56 Å². The third-order valence-electron chi connectivity index (χ3n) is 1.95. The number of benzene rings is 1. The molecule has 2 rings (SSSR count). The van der Waals surface area contributed by atoms with E-state index in [1.165, 1.54) is 12.1 Å². The summed E-state index contributed by atoms with van der Waals surface area (Å²) in [7, 11) is 0. The molecule has 1 heterocycles. The Morgan fingerprint density at radius 2 is 2.13 bits per heavy atom. The number of nitrogens with zero attached hydrogens (tertiary/aromatic N) is 1. The number of aliphatic imine (C=N–C) groups is 1. The number of carbonyl (C=O) groups excluding carboxylic acids is 1. The first-order valence-electron chi connectivity index (χ1n) is 4.08. The fourth-order valence-corrected chi connectivity index (χ4v) is 1.28. The number of hydrogen-bond donors (Lipinski definition) is 1. The van der Waals surface area contributed by atoms with E-state index in [2.05, 4.69) is 4.99 Å². The first-order valence-corrected chi connectivity index (χ1v) is 4.08. The summed E-state index contributed by atoms with van der Waals surface area (Å²) >= 11 is 0. The second-order valence-electron chi connectivity index (χ2n) is 2.93. The summed E-state index contributed by atoms with van der Waals surface area (Å²) in [6.07, 6.45) is -1.28. The maximum atomic E-state index is 13.3. The van der Waals surface area contributed by atoms with Gasteiger partial charge in [0.25, 0.3) is 11.9 Å². The highest BCUT2D eigenvalue weighted by Crippen LogP contribution is 2.26. The molecular weight excluding hydrogens is 206 g/mol. The van der Waals surface area contributed by atoms with Crippen molar-refractivity contribution in [2.45, 2.75) is 6.10 Å². The van der Waals surface area contributed by atoms with Crippen LogP contribution in [0.1, 0.15) is 11.7 Å². The third kappa shape index (κ3) is 1.54. The average Bonchev–Trinajstić information content (AvgIpc) is 2.50. The zero-order chi connectivity index (χ0) is 11.0. The molecule has 15 heavy (non-hydrogen) atoms. The van der Waals surface area contributed by atoms with E-state index in [1.807, 2.05) is 0 Å². The molecule has 1 atom stereocenters. The quantitative estimate of drug-likeness (QED) is 0.751. The van der Waals surface area contributed by atoms with Crippen LogP contribution in [-0.4, -0.2) is 11.9 Å². The van der Waals surface area contributed by atoms with Gasteiger partial charge in [0.05, 0.1) is 0 Å². The number of rotatable bonds is 1. The maximum absolute atomic E-state index is 13.3. The molecule has 0 saturated carbocycles. The lowest BCUT2D eigenvalue weighted by Gasteiger charge is -2.09. The van der Waals surface area contributed by atoms with Crippen molar-refractivity contribution in [2.75, 3.05) is 0 Å². The molecule has 6 heteroatoms. The minimum Gasteiger partial charge on any atom is -0.446 e. The summed E-state index contributed by atoms with van der Waals surface area (Å²) in [5.74, 6) is -2.91. The summed E-state index contributed by atoms with van der Waals surface area (Å²) in [4.78, 5) is 14.4. The highest BCUT2D eigenvalue weighted by Gasteiger charge is 2.32. The van der Waals surface area contributed by atoms with Crippen molar-refractivity contribution < 1.29 is 18.3 Å². The van der Waals surface area contributed by atoms with Crippen molar-refractivity contribution in [1.29, 1.82) is 0 Å². The molecule has 4 nitrogen and oxygen atoms in total. The molecule has 0 fully saturated rings. The topological polar surface area (TPSA) is 64.7 Å². The summed E-state index contributed by atoms with van der Waals surface area (Å²) < 4.78 is 30.9. The zero-order valence-electron chi connectivity index (χ0n) is 7.41. The van der Waals surface area contributed by atoms with E-state index >= 15 is 0 Å². The predicted molar refractivity (Wildman–Crippen MR) is 46.8 cm³/mol. The van der Waals surface area contributed by atoms with Gasteiger partial charge in [0.1, 0.15) is 0 Å². The van der Waals surface area contributed by atoms with Crippen LogP contribution in [0.3, 0.4) is 0 Å². The highest BCUT2D eigenvalue weighted by molar-refractivity contribution is 5.98. The van der Waals surface area contributed by atoms with Gasteiger partial charge in [0.2, 0.25) is 6.10 Å². The molecule has 78 valence electrons. The smallest absolute Gasteiger partial charge is 0.296 e. The van der Waals surface area contributed by atoms with Crippen LogP contribution in [0, 0.1) is 11.6 Å². The van der Waals surface area contributed by atoms with Crippen LogP contribution in [-0.2, 0) is 9.53 Å². The Bertz CT molecular complexity index is 459. The van der Waals surface area contributed by atoms with Gasteiger partial charge in [-0.25, -0.2) is 8.78 Å². The minimum absolute atomic E-state index is 0.204. The Kier molecular flexibility index (Phi) is 2.11. The van der Waals surface area contributed by atoms with Crippen molar-refractivity contribution in [3.8, 4) is 0 Å². The van der Waals surface area contributed by atoms with Crippen LogP contribution in [0.2, 0.25) is 0 Å². The van der Waals surface area contributed by atoms with Gasteiger partial charge in [-0.2, -0.15) is 4.99 Å². The molecule has 2 N–H and O–H groups in total. The number of nitrogens with two attached hydrogens (primary N) is 1. The van der Waals surface area contributed by atoms with Crippen LogP contribution in [0.5, 0.6) is 0 Å². The van der Waals surface area contributed by atoms with Gasteiger partial charge in [-0.3, -0.25) is 4.79 Å². The number of hydrogen-bond acceptors (Lipinski definition) is 3. The molecule has 1 aromatic carbocycles. The largest absolute Gasteiger partial charge is 0.446 e. The van der Waals surface area contributed by atoms with Crippen LogP contribution < -0.4 is 5.73 Å². The molecule has 0 spiro atoms. The summed E-state index contributed by atoms with van der Waals surface area (Å²) in [5.41, 5.74) is 4.93. The number of amidine groups is 1. The Hall–Kier alpha value is -1.98. The van der Waals surface area contributed by atoms with Crippen molar-refractivity contribution in [3.05, 3.63) is 35.4 Å². The fraction of sp³-hybridized carbons (Fsp3) is 0.111. The molecule has 0 radical (unpaired) electrons. The molecular formula is C9H6F2N2O2. The van der Waals surface area contributed by atoms with Crippen LogP contribution in [0.25, 0.3) is 0 Å². The Balaban J connectivity index is 2.40. The molecule has 1 unspecified atom stereocenters. The van der Waals surface area contributed by atoms with E-state index in [1.54, 1.807) is 0 Å². The van der Waals surface area contributed by atoms with E-state index in [4.69, 9.17) is 10.5 Å². The van der Waals surface area contributed by atoms with E-state index in [9.17, 15) is 13.6 Å². The van der Waals surface area contributed by atoms with Crippen molar-refractivity contribution in [2.24, 2.45) is 10.7 Å². The lowest BCUT2D eigenvalue weighted by Crippen LogP contribution is -2.15. The van der Waals surface area contributed by atoms with Gasteiger partial charge in [-0.15, -0.1) is 0 Å². The normalized spacial score (nSPS) is 20.0. The molecule has 0 bridgehead atoms. The van der Waals surface area contributed by atoms with Gasteiger partial charge >= 0.3 is 0 Å². The van der Waals surface area contributed by atoms with Crippen LogP contribution >= 0.6 is 0 Å². The molecule has 1 amide bonds. The van der Waals surface area contributed by atoms with Crippen LogP contribution in [0.15, 0.2) is 23.2 Å². The number of ether oxygens (including phenoxy) is 1. The highest BCUT2D eigenvalue weighted by atomic mass is 19.2. The molecule has 0 aliphatic carbocycles. The lowest BCUT2D eigenvalue weighted by atomic mass is 10.1. The first kappa shape index (κ1) is 9.57. The van der Waals surface area contributed by atoms with Gasteiger partial charge < -0.3 is 10.5 Å². The monoisotopic (exact) mass is 212 g/mol. The number of amides is 1. The average molecular weight is 212 g/mol. The van der Waals surface area contributed by atoms with Crippen molar-refractivity contribution in [3.63, 3.8) is 0 Å². The Morgan fingerprint density at radius 1 is 1.40 bits per heavy atom. The Labute approximate surface area is 83.4 Å². The standard InChI is InChI=1S/C9H6F2N2O2/c10-5-3-1-2-4(6(5)11)7-8(14)13-9(12)15-7/h1-3,7H,(H2,12,13,14). The molecule has 0 aromatic heterocycles. The first-order chi connectivity index (χ1) is 7.09. The van der Waals surface area contributed by atoms with Crippen LogP contribution in [0.4, 0.5) is 8.78 Å². The molecule has 1 aliphatic heterocycles. The number of halogens is 2. The molecule has 1 aliphatic rings. The maximum Gasteiger partial charge on any atom is 0.296 e. The molecule has 1 aromatic rings. The second-order valence-corrected chi connectivity index (χ2v) is 2.93. The van der Waals surface area contributed by atoms with Gasteiger partial charge in [0.15, 0.2) is 11.6 Å². The summed E-state index contributed by atoms with van der Waals surface area (Å²) in [6.45, 7) is 0. The lowest BCUT2D eigenvalue weighted by molar-refractivity contribution is -0.123. The molecule has 0 saturated heterocycles. The van der Waals surface area contributed by atoms with E-state index in [-0.39, 0.29) is 11.6 Å². The second kappa shape index (κ2) is 3.30. The van der Waals surface area contributed by atoms with E-state index in [0.717, 1.165) is 6.07 Å². The summed E-state index contributed by atoms with van der Waals surface area (Å²) in [6, 6.07) is 3.13. The minimum atomic E-state index is -1.28. The van der Waals surface area contributed by atoms with E-state index < -0.39 is 23.6 Å². The van der Waals surface area contributed by atoms with Crippen molar-refractivity contribution in [1.82, 2.24) is 0 Å². The van der Waals surface area contributed by atoms with Gasteiger partial charge in [-0.05, 0) is 6.07 Å². The Morgan fingerprint density at radius 3 is 2.73 bits per heavy atom. The van der Waals surface area contributed by atoms with E-state index in [0.29, 0.717) is 0 Å². The SMILES string of the molecule is NC1=NC(=O)C(c2cccc(F)c2F)O1. The third-order valence-corrected chi connectivity index (χ3v) is 1.95. The summed E-state index contributed by atoms with van der Waals surface area (Å²) in [5, 5.41) is 0. The fourth-order valence-electron chi connectivity index (χ4n) is 1.28. The zero-order valence-corrected chi connectivity index (χ0v) is 7.41. The predicted octanol–water partition coefficient (Wildman–Crippen LogP) is 0.877.